The van der Waals surface area contributed by atoms with Crippen LogP contribution in [0.15, 0.2) is 10.6 Å². The van der Waals surface area contributed by atoms with Crippen LogP contribution in [0.25, 0.3) is 0 Å². The average molecular weight is 251 g/mol. The van der Waals surface area contributed by atoms with E-state index in [0.29, 0.717) is 24.7 Å². The quantitative estimate of drug-likeness (QED) is 0.857. The Balaban J connectivity index is 2.17. The van der Waals surface area contributed by atoms with Gasteiger partial charge in [-0.25, -0.2) is 4.68 Å². The molecule has 0 fully saturated rings. The van der Waals surface area contributed by atoms with E-state index >= 15 is 0 Å². The summed E-state index contributed by atoms with van der Waals surface area (Å²) in [5, 5.41) is 11.9. The molecule has 0 saturated carbocycles. The average Bonchev–Trinajstić information content (AvgIpc) is 2.87. The van der Waals surface area contributed by atoms with Crippen LogP contribution in [-0.4, -0.2) is 27.3 Å². The Bertz CT molecular complexity index is 517. The second kappa shape index (κ2) is 5.18. The van der Waals surface area contributed by atoms with Crippen molar-refractivity contribution in [2.24, 2.45) is 0 Å². The third kappa shape index (κ3) is 2.51. The lowest BCUT2D eigenvalue weighted by Crippen LogP contribution is -2.09. The zero-order valence-corrected chi connectivity index (χ0v) is 10.8. The Kier molecular flexibility index (Phi) is 3.61. The van der Waals surface area contributed by atoms with E-state index in [4.69, 9.17) is 15.0 Å². The van der Waals surface area contributed by atoms with Crippen molar-refractivity contribution in [1.82, 2.24) is 20.2 Å². The molecule has 18 heavy (non-hydrogen) atoms. The highest BCUT2D eigenvalue weighted by atomic mass is 16.5. The number of anilines is 1. The van der Waals surface area contributed by atoms with Gasteiger partial charge in [0, 0.05) is 13.2 Å². The Labute approximate surface area is 105 Å². The van der Waals surface area contributed by atoms with E-state index in [9.17, 15) is 0 Å². The monoisotopic (exact) mass is 251 g/mol. The van der Waals surface area contributed by atoms with Gasteiger partial charge in [0.1, 0.15) is 12.3 Å². The van der Waals surface area contributed by atoms with Gasteiger partial charge < -0.3 is 15.0 Å². The molecule has 2 aromatic heterocycles. The van der Waals surface area contributed by atoms with Crippen LogP contribution in [0, 0.1) is 0 Å². The molecule has 2 heterocycles. The van der Waals surface area contributed by atoms with E-state index in [-0.39, 0.29) is 5.92 Å². The summed E-state index contributed by atoms with van der Waals surface area (Å²) >= 11 is 0. The molecule has 0 atom stereocenters. The fourth-order valence-corrected chi connectivity index (χ4v) is 1.84. The van der Waals surface area contributed by atoms with Crippen LogP contribution in [-0.2, 0) is 17.9 Å². The molecule has 0 amide bonds. The normalized spacial score (nSPS) is 11.3. The highest BCUT2D eigenvalue weighted by Gasteiger charge is 2.15. The van der Waals surface area contributed by atoms with Gasteiger partial charge in [0.15, 0.2) is 11.6 Å². The largest absolute Gasteiger partial charge is 0.381 e. The topological polar surface area (TPSA) is 92.0 Å². The van der Waals surface area contributed by atoms with Gasteiger partial charge in [-0.3, -0.25) is 0 Å². The first kappa shape index (κ1) is 12.6. The van der Waals surface area contributed by atoms with E-state index < -0.39 is 0 Å². The Hall–Kier alpha value is -1.89. The summed E-state index contributed by atoms with van der Waals surface area (Å²) in [7, 11) is 1.61. The molecule has 0 radical (unpaired) electrons. The summed E-state index contributed by atoms with van der Waals surface area (Å²) in [4.78, 5) is 0. The maximum absolute atomic E-state index is 5.79. The van der Waals surface area contributed by atoms with Crippen LogP contribution in [0.2, 0.25) is 0 Å². The number of methoxy groups -OCH3 is 1. The van der Waals surface area contributed by atoms with Crippen LogP contribution < -0.4 is 5.73 Å². The summed E-state index contributed by atoms with van der Waals surface area (Å²) < 4.78 is 11.8. The predicted octanol–water partition coefficient (Wildman–Crippen LogP) is 1.17. The summed E-state index contributed by atoms with van der Waals surface area (Å²) in [6, 6.07) is 1.84. The molecule has 2 N–H and O–H groups in total. The van der Waals surface area contributed by atoms with Gasteiger partial charge in [-0.1, -0.05) is 24.2 Å². The molecule has 2 rings (SSSR count). The molecular formula is C11H17N5O2. The molecule has 0 spiro atoms. The zero-order valence-electron chi connectivity index (χ0n) is 10.8. The van der Waals surface area contributed by atoms with Crippen molar-refractivity contribution in [3.05, 3.63) is 23.2 Å². The third-order valence-corrected chi connectivity index (χ3v) is 2.55. The molecule has 0 aliphatic carbocycles. The lowest BCUT2D eigenvalue weighted by molar-refractivity contribution is 0.155. The van der Waals surface area contributed by atoms with Gasteiger partial charge in [-0.2, -0.15) is 0 Å². The summed E-state index contributed by atoms with van der Waals surface area (Å²) in [5.41, 5.74) is 7.47. The summed E-state index contributed by atoms with van der Waals surface area (Å²) in [6.07, 6.45) is 0. The summed E-state index contributed by atoms with van der Waals surface area (Å²) in [5.74, 6) is 1.41. The second-order valence-electron chi connectivity index (χ2n) is 4.39. The van der Waals surface area contributed by atoms with Crippen molar-refractivity contribution in [1.29, 1.82) is 0 Å². The second-order valence-corrected chi connectivity index (χ2v) is 4.39. The van der Waals surface area contributed by atoms with E-state index in [1.54, 1.807) is 11.8 Å². The lowest BCUT2D eigenvalue weighted by atomic mass is 10.1. The van der Waals surface area contributed by atoms with Crippen molar-refractivity contribution in [2.75, 3.05) is 12.8 Å². The van der Waals surface area contributed by atoms with E-state index in [2.05, 4.69) is 15.5 Å². The highest BCUT2D eigenvalue weighted by Crippen LogP contribution is 2.20. The zero-order chi connectivity index (χ0) is 13.1. The number of hydrogen-bond acceptors (Lipinski definition) is 6. The van der Waals surface area contributed by atoms with Crippen molar-refractivity contribution >= 4 is 5.82 Å². The van der Waals surface area contributed by atoms with Crippen molar-refractivity contribution in [3.8, 4) is 0 Å². The molecule has 98 valence electrons. The number of nitrogens with zero attached hydrogens (tertiary/aromatic N) is 4. The minimum Gasteiger partial charge on any atom is -0.381 e. The molecule has 7 nitrogen and oxygen atoms in total. The van der Waals surface area contributed by atoms with Gasteiger partial charge >= 0.3 is 0 Å². The first-order valence-corrected chi connectivity index (χ1v) is 5.74. The van der Waals surface area contributed by atoms with Crippen molar-refractivity contribution in [2.45, 2.75) is 32.9 Å². The molecule has 0 bridgehead atoms. The Morgan fingerprint density at radius 1 is 1.50 bits per heavy atom. The number of nitrogen functional groups attached to an aromatic ring is 1. The molecule has 2 aromatic rings. The molecule has 0 aromatic carbocycles. The standard InChI is InChI=1S/C11H17N5O2/c1-7(2)10-11(12)13-15-16(10)5-8-4-9(6-17-3)18-14-8/h4,7H,5-6,12H2,1-3H3. The van der Waals surface area contributed by atoms with Gasteiger partial charge in [-0.05, 0) is 5.92 Å². The Morgan fingerprint density at radius 3 is 2.94 bits per heavy atom. The first-order valence-electron chi connectivity index (χ1n) is 5.74. The number of ether oxygens (including phenoxy) is 1. The number of aromatic nitrogens is 4. The van der Waals surface area contributed by atoms with Crippen LogP contribution in [0.5, 0.6) is 0 Å². The molecule has 0 aliphatic rings. The fraction of sp³-hybridized carbons (Fsp3) is 0.545. The van der Waals surface area contributed by atoms with Gasteiger partial charge in [0.25, 0.3) is 0 Å². The maximum atomic E-state index is 5.79. The fourth-order valence-electron chi connectivity index (χ4n) is 1.84. The van der Waals surface area contributed by atoms with Gasteiger partial charge in [0.05, 0.1) is 12.2 Å². The van der Waals surface area contributed by atoms with Crippen LogP contribution in [0.1, 0.15) is 36.9 Å². The third-order valence-electron chi connectivity index (χ3n) is 2.55. The number of hydrogen-bond donors (Lipinski definition) is 1. The van der Waals surface area contributed by atoms with Crippen LogP contribution in [0.3, 0.4) is 0 Å². The predicted molar refractivity (Wildman–Crippen MR) is 64.8 cm³/mol. The molecule has 0 aliphatic heterocycles. The minimum atomic E-state index is 0.255. The smallest absolute Gasteiger partial charge is 0.169 e. The first-order chi connectivity index (χ1) is 8.61. The molecule has 0 saturated heterocycles. The molecular weight excluding hydrogens is 234 g/mol. The Morgan fingerprint density at radius 2 is 2.28 bits per heavy atom. The van der Waals surface area contributed by atoms with E-state index in [0.717, 1.165) is 11.4 Å². The van der Waals surface area contributed by atoms with Gasteiger partial charge in [0.2, 0.25) is 0 Å². The van der Waals surface area contributed by atoms with Crippen molar-refractivity contribution in [3.63, 3.8) is 0 Å². The van der Waals surface area contributed by atoms with Crippen LogP contribution >= 0.6 is 0 Å². The van der Waals surface area contributed by atoms with Crippen molar-refractivity contribution < 1.29 is 9.26 Å². The van der Waals surface area contributed by atoms with Gasteiger partial charge in [-0.15, -0.1) is 5.10 Å². The van der Waals surface area contributed by atoms with E-state index in [1.807, 2.05) is 19.9 Å². The SMILES string of the molecule is COCc1cc(Cn2nnc(N)c2C(C)C)no1. The lowest BCUT2D eigenvalue weighted by Gasteiger charge is -2.07. The maximum Gasteiger partial charge on any atom is 0.169 e. The molecule has 7 heteroatoms. The summed E-state index contributed by atoms with van der Waals surface area (Å²) in [6.45, 7) is 4.99. The van der Waals surface area contributed by atoms with E-state index in [1.165, 1.54) is 0 Å². The number of nitrogens with two attached hydrogens (primary N) is 1. The minimum absolute atomic E-state index is 0.255. The van der Waals surface area contributed by atoms with Crippen LogP contribution in [0.4, 0.5) is 5.82 Å². The number of rotatable bonds is 5. The highest BCUT2D eigenvalue weighted by molar-refractivity contribution is 5.35. The molecule has 0 unspecified atom stereocenters.